The zero-order valence-corrected chi connectivity index (χ0v) is 17.6. The first-order chi connectivity index (χ1) is 11.2. The number of methoxy groups -OCH3 is 3. The van der Waals surface area contributed by atoms with Crippen molar-refractivity contribution in [1.82, 2.24) is 10.6 Å². The summed E-state index contributed by atoms with van der Waals surface area (Å²) in [6.07, 6.45) is 2.27. The van der Waals surface area contributed by atoms with Crippen molar-refractivity contribution in [2.24, 2.45) is 4.99 Å². The minimum atomic E-state index is 0. The Morgan fingerprint density at radius 2 is 1.62 bits per heavy atom. The molecule has 7 heteroatoms. The number of hydrogen-bond donors (Lipinski definition) is 2. The highest BCUT2D eigenvalue weighted by molar-refractivity contribution is 14.0. The first-order valence-corrected chi connectivity index (χ1v) is 8.01. The molecular formula is C17H30IN3O3. The van der Waals surface area contributed by atoms with Crippen LogP contribution in [0.4, 0.5) is 0 Å². The largest absolute Gasteiger partial charge is 0.493 e. The van der Waals surface area contributed by atoms with Crippen LogP contribution in [0.2, 0.25) is 0 Å². The second kappa shape index (κ2) is 13.0. The molecule has 0 spiro atoms. The average Bonchev–Trinajstić information content (AvgIpc) is 2.58. The number of ether oxygens (including phenoxy) is 3. The zero-order valence-electron chi connectivity index (χ0n) is 15.3. The number of aliphatic imine (C=N–C) groups is 1. The maximum atomic E-state index is 5.37. The van der Waals surface area contributed by atoms with Crippen molar-refractivity contribution in [3.63, 3.8) is 0 Å². The molecule has 138 valence electrons. The third-order valence-electron chi connectivity index (χ3n) is 3.31. The lowest BCUT2D eigenvalue weighted by molar-refractivity contribution is 0.324. The molecule has 24 heavy (non-hydrogen) atoms. The lowest BCUT2D eigenvalue weighted by Crippen LogP contribution is -2.37. The van der Waals surface area contributed by atoms with Gasteiger partial charge in [0.1, 0.15) is 0 Å². The van der Waals surface area contributed by atoms with Gasteiger partial charge < -0.3 is 24.8 Å². The Bertz CT molecular complexity index is 485. The number of guanidine groups is 1. The first kappa shape index (κ1) is 22.6. The standard InChI is InChI=1S/C17H29N3O3.HI/c1-6-8-9-19-17(18-7-2)20-12-13-10-14(21-3)16(23-5)15(11-13)22-4;/h10-11H,6-9,12H2,1-5H3,(H2,18,19,20);1H. The van der Waals surface area contributed by atoms with Crippen molar-refractivity contribution in [2.45, 2.75) is 33.2 Å². The predicted molar refractivity (Wildman–Crippen MR) is 109 cm³/mol. The highest BCUT2D eigenvalue weighted by Crippen LogP contribution is 2.38. The molecule has 0 aliphatic heterocycles. The first-order valence-electron chi connectivity index (χ1n) is 8.01. The number of rotatable bonds is 9. The third kappa shape index (κ3) is 7.02. The Hall–Kier alpha value is -1.38. The van der Waals surface area contributed by atoms with Gasteiger partial charge in [-0.05, 0) is 31.0 Å². The van der Waals surface area contributed by atoms with Crippen molar-refractivity contribution in [3.05, 3.63) is 17.7 Å². The van der Waals surface area contributed by atoms with Gasteiger partial charge in [0.2, 0.25) is 5.75 Å². The molecule has 0 radical (unpaired) electrons. The minimum absolute atomic E-state index is 0. The van der Waals surface area contributed by atoms with Crippen LogP contribution in [0.3, 0.4) is 0 Å². The van der Waals surface area contributed by atoms with Crippen LogP contribution in [0.15, 0.2) is 17.1 Å². The van der Waals surface area contributed by atoms with E-state index < -0.39 is 0 Å². The number of hydrogen-bond acceptors (Lipinski definition) is 4. The molecule has 1 aromatic carbocycles. The van der Waals surface area contributed by atoms with Gasteiger partial charge in [-0.2, -0.15) is 0 Å². The van der Waals surface area contributed by atoms with Crippen molar-refractivity contribution in [2.75, 3.05) is 34.4 Å². The predicted octanol–water partition coefficient (Wildman–Crippen LogP) is 3.19. The van der Waals surface area contributed by atoms with E-state index in [0.29, 0.717) is 23.8 Å². The van der Waals surface area contributed by atoms with E-state index in [4.69, 9.17) is 14.2 Å². The molecule has 0 aliphatic carbocycles. The highest BCUT2D eigenvalue weighted by atomic mass is 127. The Kier molecular flexibility index (Phi) is 12.2. The van der Waals surface area contributed by atoms with E-state index in [1.165, 1.54) is 0 Å². The van der Waals surface area contributed by atoms with E-state index in [0.717, 1.165) is 37.5 Å². The van der Waals surface area contributed by atoms with E-state index in [9.17, 15) is 0 Å². The normalized spacial score (nSPS) is 10.6. The Balaban J connectivity index is 0.00000529. The van der Waals surface area contributed by atoms with Crippen LogP contribution in [0.1, 0.15) is 32.3 Å². The summed E-state index contributed by atoms with van der Waals surface area (Å²) in [5.41, 5.74) is 0.993. The van der Waals surface area contributed by atoms with Gasteiger partial charge in [0.15, 0.2) is 17.5 Å². The van der Waals surface area contributed by atoms with Gasteiger partial charge in [-0.25, -0.2) is 4.99 Å². The van der Waals surface area contributed by atoms with Gasteiger partial charge in [0.25, 0.3) is 0 Å². The smallest absolute Gasteiger partial charge is 0.203 e. The molecule has 0 atom stereocenters. The minimum Gasteiger partial charge on any atom is -0.493 e. The van der Waals surface area contributed by atoms with E-state index >= 15 is 0 Å². The van der Waals surface area contributed by atoms with Crippen molar-refractivity contribution in [1.29, 1.82) is 0 Å². The molecular weight excluding hydrogens is 421 g/mol. The number of nitrogens with zero attached hydrogens (tertiary/aromatic N) is 1. The fourth-order valence-corrected chi connectivity index (χ4v) is 2.12. The van der Waals surface area contributed by atoms with E-state index in [-0.39, 0.29) is 24.0 Å². The second-order valence-electron chi connectivity index (χ2n) is 5.01. The lowest BCUT2D eigenvalue weighted by atomic mass is 10.2. The summed E-state index contributed by atoms with van der Waals surface area (Å²) in [6, 6.07) is 3.83. The molecule has 0 unspecified atom stereocenters. The number of halogens is 1. The SMILES string of the molecule is CCCCNC(=NCc1cc(OC)c(OC)c(OC)c1)NCC.I. The summed E-state index contributed by atoms with van der Waals surface area (Å²) >= 11 is 0. The number of nitrogens with one attached hydrogen (secondary N) is 2. The van der Waals surface area contributed by atoms with Gasteiger partial charge in [-0.1, -0.05) is 13.3 Å². The molecule has 0 amide bonds. The fourth-order valence-electron chi connectivity index (χ4n) is 2.12. The van der Waals surface area contributed by atoms with Crippen LogP contribution in [-0.4, -0.2) is 40.4 Å². The Morgan fingerprint density at radius 1 is 1.00 bits per heavy atom. The molecule has 2 N–H and O–H groups in total. The maximum Gasteiger partial charge on any atom is 0.203 e. The molecule has 0 saturated heterocycles. The molecule has 1 rings (SSSR count). The summed E-state index contributed by atoms with van der Waals surface area (Å²) in [6.45, 7) is 6.49. The van der Waals surface area contributed by atoms with Gasteiger partial charge >= 0.3 is 0 Å². The third-order valence-corrected chi connectivity index (χ3v) is 3.31. The Morgan fingerprint density at radius 3 is 2.08 bits per heavy atom. The molecule has 0 bridgehead atoms. The zero-order chi connectivity index (χ0) is 17.1. The van der Waals surface area contributed by atoms with Crippen LogP contribution in [-0.2, 0) is 6.54 Å². The second-order valence-corrected chi connectivity index (χ2v) is 5.01. The van der Waals surface area contributed by atoms with Gasteiger partial charge in [-0.3, -0.25) is 0 Å². The molecule has 0 fully saturated rings. The summed E-state index contributed by atoms with van der Waals surface area (Å²) in [7, 11) is 4.82. The number of unbranched alkanes of at least 4 members (excludes halogenated alkanes) is 1. The van der Waals surface area contributed by atoms with Crippen molar-refractivity contribution < 1.29 is 14.2 Å². The van der Waals surface area contributed by atoms with Crippen LogP contribution in [0, 0.1) is 0 Å². The summed E-state index contributed by atoms with van der Waals surface area (Å²) in [4.78, 5) is 4.60. The lowest BCUT2D eigenvalue weighted by Gasteiger charge is -2.14. The van der Waals surface area contributed by atoms with Gasteiger partial charge in [-0.15, -0.1) is 24.0 Å². The molecule has 6 nitrogen and oxygen atoms in total. The van der Waals surface area contributed by atoms with E-state index in [2.05, 4.69) is 29.5 Å². The molecule has 1 aromatic rings. The molecule has 0 aromatic heterocycles. The van der Waals surface area contributed by atoms with Crippen LogP contribution in [0.25, 0.3) is 0 Å². The van der Waals surface area contributed by atoms with Gasteiger partial charge in [0.05, 0.1) is 27.9 Å². The van der Waals surface area contributed by atoms with Crippen LogP contribution in [0.5, 0.6) is 17.2 Å². The molecule has 0 heterocycles. The van der Waals surface area contributed by atoms with Crippen molar-refractivity contribution >= 4 is 29.9 Å². The number of benzene rings is 1. The van der Waals surface area contributed by atoms with Crippen LogP contribution < -0.4 is 24.8 Å². The summed E-state index contributed by atoms with van der Waals surface area (Å²) in [5, 5.41) is 6.57. The summed E-state index contributed by atoms with van der Waals surface area (Å²) in [5.74, 6) is 2.69. The van der Waals surface area contributed by atoms with E-state index in [1.54, 1.807) is 21.3 Å². The molecule has 0 aliphatic rings. The maximum absolute atomic E-state index is 5.37. The van der Waals surface area contributed by atoms with E-state index in [1.807, 2.05) is 12.1 Å². The quantitative estimate of drug-likeness (QED) is 0.261. The Labute approximate surface area is 162 Å². The monoisotopic (exact) mass is 451 g/mol. The van der Waals surface area contributed by atoms with Gasteiger partial charge in [0, 0.05) is 13.1 Å². The fraction of sp³-hybridized carbons (Fsp3) is 0.588. The topological polar surface area (TPSA) is 64.1 Å². The van der Waals surface area contributed by atoms with Crippen LogP contribution >= 0.6 is 24.0 Å². The highest BCUT2D eigenvalue weighted by Gasteiger charge is 2.13. The molecule has 0 saturated carbocycles. The van der Waals surface area contributed by atoms with Crippen molar-refractivity contribution in [3.8, 4) is 17.2 Å². The average molecular weight is 451 g/mol. The summed E-state index contributed by atoms with van der Waals surface area (Å²) < 4.78 is 16.1.